The van der Waals surface area contributed by atoms with E-state index in [0.717, 1.165) is 0 Å². The van der Waals surface area contributed by atoms with Crippen molar-refractivity contribution >= 4 is 28.7 Å². The molecule has 2 rings (SSSR count). The Balaban J connectivity index is 2.41. The number of thiocarbonyl (C=S) groups is 1. The Labute approximate surface area is 121 Å². The Bertz CT molecular complexity index is 634. The number of ether oxygens (including phenoxy) is 2. The summed E-state index contributed by atoms with van der Waals surface area (Å²) in [5.41, 5.74) is 6.74. The second-order valence-electron chi connectivity index (χ2n) is 3.81. The van der Waals surface area contributed by atoms with Gasteiger partial charge in [0.1, 0.15) is 22.2 Å². The van der Waals surface area contributed by atoms with Crippen molar-refractivity contribution in [2.45, 2.75) is 0 Å². The Hall–Kier alpha value is -2.41. The van der Waals surface area contributed by atoms with Gasteiger partial charge in [0.2, 0.25) is 0 Å². The molecule has 0 aliphatic rings. The molecule has 6 nitrogen and oxygen atoms in total. The minimum atomic E-state index is 0.169. The smallest absolute Gasteiger partial charge is 0.159 e. The first kappa shape index (κ1) is 14.0. The van der Waals surface area contributed by atoms with Crippen molar-refractivity contribution in [2.75, 3.05) is 19.5 Å². The van der Waals surface area contributed by atoms with Crippen LogP contribution in [0.15, 0.2) is 30.6 Å². The molecule has 104 valence electrons. The molecule has 0 unspecified atom stereocenters. The van der Waals surface area contributed by atoms with Crippen LogP contribution in [0.5, 0.6) is 11.5 Å². The lowest BCUT2D eigenvalue weighted by molar-refractivity contribution is 0.405. The predicted molar refractivity (Wildman–Crippen MR) is 80.7 cm³/mol. The van der Waals surface area contributed by atoms with E-state index in [4.69, 9.17) is 27.4 Å². The van der Waals surface area contributed by atoms with Crippen LogP contribution < -0.4 is 20.5 Å². The second kappa shape index (κ2) is 6.16. The number of methoxy groups -OCH3 is 2. The maximum atomic E-state index is 5.63. The van der Waals surface area contributed by atoms with Gasteiger partial charge in [-0.15, -0.1) is 0 Å². The van der Waals surface area contributed by atoms with Crippen LogP contribution in [-0.4, -0.2) is 29.2 Å². The molecule has 1 heterocycles. The topological polar surface area (TPSA) is 82.3 Å². The largest absolute Gasteiger partial charge is 0.497 e. The Morgan fingerprint density at radius 1 is 1.20 bits per heavy atom. The lowest BCUT2D eigenvalue weighted by Gasteiger charge is -2.13. The van der Waals surface area contributed by atoms with Gasteiger partial charge in [0.15, 0.2) is 5.82 Å². The number of nitrogens with two attached hydrogens (primary N) is 1. The maximum Gasteiger partial charge on any atom is 0.159 e. The van der Waals surface area contributed by atoms with E-state index in [1.165, 1.54) is 6.20 Å². The predicted octanol–water partition coefficient (Wildman–Crippen LogP) is 1.87. The van der Waals surface area contributed by atoms with Gasteiger partial charge in [-0.05, 0) is 12.1 Å². The molecular formula is C13H14N4O2S. The van der Waals surface area contributed by atoms with Crippen molar-refractivity contribution < 1.29 is 9.47 Å². The van der Waals surface area contributed by atoms with E-state index in [2.05, 4.69) is 15.3 Å². The first-order valence-corrected chi connectivity index (χ1v) is 6.16. The molecule has 0 aliphatic carbocycles. The van der Waals surface area contributed by atoms with Gasteiger partial charge in [0, 0.05) is 18.5 Å². The first-order valence-electron chi connectivity index (χ1n) is 5.75. The quantitative estimate of drug-likeness (QED) is 0.813. The van der Waals surface area contributed by atoms with Crippen molar-refractivity contribution in [3.05, 3.63) is 36.3 Å². The summed E-state index contributed by atoms with van der Waals surface area (Å²) in [7, 11) is 3.17. The highest BCUT2D eigenvalue weighted by molar-refractivity contribution is 7.80. The molecule has 7 heteroatoms. The molecular weight excluding hydrogens is 276 g/mol. The molecule has 0 aliphatic heterocycles. The van der Waals surface area contributed by atoms with Crippen molar-refractivity contribution in [2.24, 2.45) is 5.73 Å². The van der Waals surface area contributed by atoms with Crippen LogP contribution >= 0.6 is 12.2 Å². The minimum absolute atomic E-state index is 0.169. The molecule has 20 heavy (non-hydrogen) atoms. The molecule has 0 bridgehead atoms. The van der Waals surface area contributed by atoms with Gasteiger partial charge < -0.3 is 20.5 Å². The zero-order chi connectivity index (χ0) is 14.5. The monoisotopic (exact) mass is 290 g/mol. The highest BCUT2D eigenvalue weighted by atomic mass is 32.1. The minimum Gasteiger partial charge on any atom is -0.497 e. The number of rotatable bonds is 5. The van der Waals surface area contributed by atoms with E-state index in [-0.39, 0.29) is 4.99 Å². The third-order valence-electron chi connectivity index (χ3n) is 2.59. The maximum absolute atomic E-state index is 5.63. The molecule has 0 amide bonds. The number of benzene rings is 1. The molecule has 0 saturated carbocycles. The zero-order valence-corrected chi connectivity index (χ0v) is 11.9. The average molecular weight is 290 g/mol. The van der Waals surface area contributed by atoms with E-state index >= 15 is 0 Å². The van der Waals surface area contributed by atoms with Gasteiger partial charge in [-0.3, -0.25) is 0 Å². The van der Waals surface area contributed by atoms with Crippen molar-refractivity contribution in [1.82, 2.24) is 9.97 Å². The molecule has 0 spiro atoms. The molecule has 3 N–H and O–H groups in total. The molecule has 2 aromatic rings. The summed E-state index contributed by atoms with van der Waals surface area (Å²) in [6, 6.07) is 5.38. The van der Waals surface area contributed by atoms with Gasteiger partial charge in [0.25, 0.3) is 0 Å². The Morgan fingerprint density at radius 3 is 2.60 bits per heavy atom. The number of hydrogen-bond acceptors (Lipinski definition) is 6. The van der Waals surface area contributed by atoms with Crippen LogP contribution in [0.3, 0.4) is 0 Å². The van der Waals surface area contributed by atoms with E-state index < -0.39 is 0 Å². The second-order valence-corrected chi connectivity index (χ2v) is 4.25. The summed E-state index contributed by atoms with van der Waals surface area (Å²) in [6.07, 6.45) is 3.08. The third kappa shape index (κ3) is 2.94. The van der Waals surface area contributed by atoms with E-state index in [0.29, 0.717) is 28.7 Å². The van der Waals surface area contributed by atoms with Gasteiger partial charge >= 0.3 is 0 Å². The number of nitrogens with zero attached hydrogens (tertiary/aromatic N) is 2. The summed E-state index contributed by atoms with van der Waals surface area (Å²) >= 11 is 4.95. The fraction of sp³-hybridized carbons (Fsp3) is 0.154. The number of hydrogen-bond donors (Lipinski definition) is 2. The molecule has 0 radical (unpaired) electrons. The Morgan fingerprint density at radius 2 is 1.95 bits per heavy atom. The SMILES string of the molecule is COc1ccc(OC)c(Nc2nccnc2C(N)=S)c1. The fourth-order valence-electron chi connectivity index (χ4n) is 1.65. The van der Waals surface area contributed by atoms with Gasteiger partial charge in [-0.2, -0.15) is 0 Å². The van der Waals surface area contributed by atoms with Crippen LogP contribution in [-0.2, 0) is 0 Å². The van der Waals surface area contributed by atoms with Gasteiger partial charge in [0.05, 0.1) is 19.9 Å². The Kier molecular flexibility index (Phi) is 4.31. The van der Waals surface area contributed by atoms with Crippen molar-refractivity contribution in [3.63, 3.8) is 0 Å². The van der Waals surface area contributed by atoms with Crippen LogP contribution in [0.25, 0.3) is 0 Å². The van der Waals surface area contributed by atoms with Crippen LogP contribution in [0.2, 0.25) is 0 Å². The van der Waals surface area contributed by atoms with Crippen LogP contribution in [0.4, 0.5) is 11.5 Å². The number of aromatic nitrogens is 2. The van der Waals surface area contributed by atoms with E-state index in [9.17, 15) is 0 Å². The summed E-state index contributed by atoms with van der Waals surface area (Å²) < 4.78 is 10.5. The normalized spacial score (nSPS) is 9.90. The summed E-state index contributed by atoms with van der Waals surface area (Å²) in [4.78, 5) is 8.47. The van der Waals surface area contributed by atoms with Crippen LogP contribution in [0, 0.1) is 0 Å². The molecule has 0 atom stereocenters. The highest BCUT2D eigenvalue weighted by Gasteiger charge is 2.11. The van der Waals surface area contributed by atoms with Crippen LogP contribution in [0.1, 0.15) is 5.69 Å². The number of anilines is 2. The van der Waals surface area contributed by atoms with E-state index in [1.54, 1.807) is 38.6 Å². The standard InChI is InChI=1S/C13H14N4O2S/c1-18-8-3-4-10(19-2)9(7-8)17-13-11(12(14)20)15-5-6-16-13/h3-7H,1-2H3,(H2,14,20)(H,16,17). The summed E-state index contributed by atoms with van der Waals surface area (Å²) in [5.74, 6) is 1.80. The van der Waals surface area contributed by atoms with Crippen molar-refractivity contribution in [1.29, 1.82) is 0 Å². The molecule has 0 fully saturated rings. The van der Waals surface area contributed by atoms with Crippen molar-refractivity contribution in [3.8, 4) is 11.5 Å². The summed E-state index contributed by atoms with van der Waals surface area (Å²) in [5, 5.41) is 3.10. The number of nitrogens with one attached hydrogen (secondary N) is 1. The molecule has 1 aromatic heterocycles. The summed E-state index contributed by atoms with van der Waals surface area (Å²) in [6.45, 7) is 0. The van der Waals surface area contributed by atoms with Gasteiger partial charge in [-0.1, -0.05) is 12.2 Å². The highest BCUT2D eigenvalue weighted by Crippen LogP contribution is 2.31. The molecule has 1 aromatic carbocycles. The fourth-order valence-corrected chi connectivity index (χ4v) is 1.80. The average Bonchev–Trinajstić information content (AvgIpc) is 2.47. The van der Waals surface area contributed by atoms with E-state index in [1.807, 2.05) is 0 Å². The molecule has 0 saturated heterocycles. The lowest BCUT2D eigenvalue weighted by atomic mass is 10.2. The zero-order valence-electron chi connectivity index (χ0n) is 11.1. The lowest BCUT2D eigenvalue weighted by Crippen LogP contribution is -2.15. The first-order chi connectivity index (χ1) is 9.65. The third-order valence-corrected chi connectivity index (χ3v) is 2.78. The van der Waals surface area contributed by atoms with Gasteiger partial charge in [-0.25, -0.2) is 9.97 Å².